The summed E-state index contributed by atoms with van der Waals surface area (Å²) in [6, 6.07) is 78.0. The van der Waals surface area contributed by atoms with Gasteiger partial charge in [0.1, 0.15) is 0 Å². The quantitative estimate of drug-likeness (QED) is 0.153. The van der Waals surface area contributed by atoms with Crippen molar-refractivity contribution >= 4 is 17.1 Å². The molecule has 67 heavy (non-hydrogen) atoms. The molecule has 0 saturated carbocycles. The van der Waals surface area contributed by atoms with Crippen LogP contribution in [0.1, 0.15) is 49.9 Å². The molecule has 0 N–H and O–H groups in total. The van der Waals surface area contributed by atoms with Crippen LogP contribution in [-0.2, 0) is 10.8 Å². The Morgan fingerprint density at radius 1 is 0.299 bits per heavy atom. The lowest BCUT2D eigenvalue weighted by Crippen LogP contribution is -2.26. The van der Waals surface area contributed by atoms with E-state index in [4.69, 9.17) is 15.0 Å². The lowest BCUT2D eigenvalue weighted by molar-refractivity contribution is 0.640. The fourth-order valence-electron chi connectivity index (χ4n) is 10.9. The molecule has 0 spiro atoms. The van der Waals surface area contributed by atoms with E-state index in [1.807, 2.05) is 0 Å². The first-order valence-corrected chi connectivity index (χ1v) is 23.2. The third-order valence-electron chi connectivity index (χ3n) is 14.1. The van der Waals surface area contributed by atoms with Crippen molar-refractivity contribution < 1.29 is 0 Å². The highest BCUT2D eigenvalue weighted by atomic mass is 15.2. The van der Waals surface area contributed by atoms with Crippen molar-refractivity contribution in [2.75, 3.05) is 4.90 Å². The summed E-state index contributed by atoms with van der Waals surface area (Å²) in [6.07, 6.45) is 0. The molecule has 0 saturated heterocycles. The Morgan fingerprint density at radius 3 is 1.01 bits per heavy atom. The monoisotopic (exact) mass is 860 g/mol. The summed E-state index contributed by atoms with van der Waals surface area (Å²) >= 11 is 0. The molecule has 2 aliphatic rings. The Hall–Kier alpha value is -8.21. The molecule has 9 aromatic carbocycles. The minimum atomic E-state index is -0.406. The molecule has 0 atom stereocenters. The van der Waals surface area contributed by atoms with Gasteiger partial charge in [0.2, 0.25) is 0 Å². The molecule has 10 aromatic rings. The zero-order chi connectivity index (χ0) is 45.3. The molecule has 4 nitrogen and oxygen atoms in total. The summed E-state index contributed by atoms with van der Waals surface area (Å²) in [5, 5.41) is 0. The van der Waals surface area contributed by atoms with E-state index < -0.39 is 10.8 Å². The Kier molecular flexibility index (Phi) is 9.47. The normalized spacial score (nSPS) is 13.6. The number of benzene rings is 9. The van der Waals surface area contributed by atoms with E-state index >= 15 is 0 Å². The number of para-hydroxylation sites is 2. The van der Waals surface area contributed by atoms with E-state index in [2.05, 4.69) is 251 Å². The Bertz CT molecular complexity index is 3250. The molecule has 12 rings (SSSR count). The minimum absolute atomic E-state index is 0.406. The van der Waals surface area contributed by atoms with Crippen molar-refractivity contribution in [2.24, 2.45) is 0 Å². The van der Waals surface area contributed by atoms with E-state index in [-0.39, 0.29) is 0 Å². The third-order valence-corrected chi connectivity index (χ3v) is 14.1. The van der Waals surface area contributed by atoms with Gasteiger partial charge in [-0.3, -0.25) is 0 Å². The van der Waals surface area contributed by atoms with E-state index in [0.29, 0.717) is 17.5 Å². The van der Waals surface area contributed by atoms with Crippen LogP contribution < -0.4 is 4.90 Å². The molecule has 0 amide bonds. The molecule has 0 fully saturated rings. The predicted octanol–water partition coefficient (Wildman–Crippen LogP) is 16.3. The van der Waals surface area contributed by atoms with Crippen molar-refractivity contribution in [3.63, 3.8) is 0 Å². The molecular formula is C63H48N4. The summed E-state index contributed by atoms with van der Waals surface area (Å²) < 4.78 is 0. The zero-order valence-electron chi connectivity index (χ0n) is 38.1. The molecule has 0 aliphatic heterocycles. The average Bonchev–Trinajstić information content (AvgIpc) is 3.77. The highest BCUT2D eigenvalue weighted by Gasteiger charge is 2.49. The van der Waals surface area contributed by atoms with Crippen LogP contribution in [0.5, 0.6) is 0 Å². The highest BCUT2D eigenvalue weighted by molar-refractivity contribution is 6.09. The van der Waals surface area contributed by atoms with Gasteiger partial charge in [-0.2, -0.15) is 0 Å². The van der Waals surface area contributed by atoms with Gasteiger partial charge >= 0.3 is 0 Å². The number of hydrogen-bond acceptors (Lipinski definition) is 4. The maximum Gasteiger partial charge on any atom is 0.165 e. The number of nitrogens with zero attached hydrogens (tertiary/aromatic N) is 4. The van der Waals surface area contributed by atoms with Gasteiger partial charge in [0.25, 0.3) is 0 Å². The maximum absolute atomic E-state index is 5.62. The standard InChI is InChI=1S/C63H48N4/c1-62(2)51-31-19-17-29-49(51)53-55(54-50-30-18-20-32-52(50)63(3,4)57(54)58(56(53)62)67(47-25-13-7-14-26-47)48-27-15-8-16-28-48)61-65-59(45-37-33-43(34-38-45)41-21-9-5-10-22-41)64-60(66-61)46-39-35-44(36-40-46)42-23-11-6-12-24-42/h5-40H,1-4H3. The van der Waals surface area contributed by atoms with Gasteiger partial charge in [-0.1, -0.05) is 222 Å². The van der Waals surface area contributed by atoms with Crippen molar-refractivity contribution in [1.29, 1.82) is 0 Å². The smallest absolute Gasteiger partial charge is 0.165 e. The summed E-state index contributed by atoms with van der Waals surface area (Å²) in [5.74, 6) is 1.92. The van der Waals surface area contributed by atoms with E-state index in [1.165, 1.54) is 61.3 Å². The van der Waals surface area contributed by atoms with Crippen LogP contribution in [0.4, 0.5) is 17.1 Å². The van der Waals surface area contributed by atoms with Crippen LogP contribution in [0.2, 0.25) is 0 Å². The minimum Gasteiger partial charge on any atom is -0.310 e. The van der Waals surface area contributed by atoms with Crippen LogP contribution in [0.15, 0.2) is 218 Å². The first kappa shape index (κ1) is 40.3. The topological polar surface area (TPSA) is 41.9 Å². The first-order valence-electron chi connectivity index (χ1n) is 23.2. The molecule has 0 radical (unpaired) electrons. The predicted molar refractivity (Wildman–Crippen MR) is 277 cm³/mol. The molecule has 1 heterocycles. The lowest BCUT2D eigenvalue weighted by Gasteiger charge is -2.37. The summed E-state index contributed by atoms with van der Waals surface area (Å²) in [4.78, 5) is 19.1. The molecule has 2 aliphatic carbocycles. The zero-order valence-corrected chi connectivity index (χ0v) is 38.1. The van der Waals surface area contributed by atoms with Crippen molar-refractivity contribution in [2.45, 2.75) is 38.5 Å². The van der Waals surface area contributed by atoms with Crippen LogP contribution in [0.3, 0.4) is 0 Å². The van der Waals surface area contributed by atoms with Gasteiger partial charge in [0, 0.05) is 38.9 Å². The summed E-state index contributed by atoms with van der Waals surface area (Å²) in [7, 11) is 0. The van der Waals surface area contributed by atoms with Crippen molar-refractivity contribution in [3.05, 3.63) is 241 Å². The lowest BCUT2D eigenvalue weighted by atomic mass is 9.74. The molecular weight excluding hydrogens is 813 g/mol. The second-order valence-electron chi connectivity index (χ2n) is 18.8. The SMILES string of the molecule is CC1(C)c2ccccc2-c2c(-c3nc(-c4ccc(-c5ccccc5)cc4)nc(-c4ccc(-c5ccccc5)cc4)n3)c3c(c(N(c4ccccc4)c4ccccc4)c21)C(C)(C)c1ccccc1-3. The summed E-state index contributed by atoms with van der Waals surface area (Å²) in [6.45, 7) is 9.59. The number of hydrogen-bond donors (Lipinski definition) is 0. The fraction of sp³-hybridized carbons (Fsp3) is 0.0952. The molecule has 4 heteroatoms. The average molecular weight is 861 g/mol. The second-order valence-corrected chi connectivity index (χ2v) is 18.8. The number of fused-ring (bicyclic) bond motifs is 6. The molecule has 0 unspecified atom stereocenters. The number of rotatable bonds is 8. The van der Waals surface area contributed by atoms with E-state index in [9.17, 15) is 0 Å². The Morgan fingerprint density at radius 2 is 0.612 bits per heavy atom. The molecule has 320 valence electrons. The van der Waals surface area contributed by atoms with Gasteiger partial charge in [-0.05, 0) is 91.0 Å². The van der Waals surface area contributed by atoms with Gasteiger partial charge in [-0.15, -0.1) is 0 Å². The van der Waals surface area contributed by atoms with Gasteiger partial charge < -0.3 is 4.90 Å². The van der Waals surface area contributed by atoms with Gasteiger partial charge in [0.05, 0.1) is 5.69 Å². The highest BCUT2D eigenvalue weighted by Crippen LogP contribution is 2.65. The fourth-order valence-corrected chi connectivity index (χ4v) is 10.9. The summed E-state index contributed by atoms with van der Waals surface area (Å²) in [5.41, 5.74) is 19.9. The Labute approximate surface area is 393 Å². The third kappa shape index (κ3) is 6.54. The van der Waals surface area contributed by atoms with Gasteiger partial charge in [-0.25, -0.2) is 15.0 Å². The van der Waals surface area contributed by atoms with Crippen LogP contribution >= 0.6 is 0 Å². The van der Waals surface area contributed by atoms with E-state index in [0.717, 1.165) is 39.2 Å². The van der Waals surface area contributed by atoms with Crippen LogP contribution in [0.25, 0.3) is 78.7 Å². The van der Waals surface area contributed by atoms with E-state index in [1.54, 1.807) is 0 Å². The Balaban J connectivity index is 1.20. The first-order chi connectivity index (χ1) is 32.8. The number of anilines is 3. The largest absolute Gasteiger partial charge is 0.310 e. The van der Waals surface area contributed by atoms with Crippen molar-refractivity contribution in [3.8, 4) is 78.7 Å². The van der Waals surface area contributed by atoms with Crippen molar-refractivity contribution in [1.82, 2.24) is 15.0 Å². The number of aromatic nitrogens is 3. The molecule has 0 bridgehead atoms. The van der Waals surface area contributed by atoms with Crippen LogP contribution in [0, 0.1) is 0 Å². The maximum atomic E-state index is 5.62. The molecule has 1 aromatic heterocycles. The van der Waals surface area contributed by atoms with Crippen LogP contribution in [-0.4, -0.2) is 15.0 Å². The second kappa shape index (κ2) is 15.7. The van der Waals surface area contributed by atoms with Gasteiger partial charge in [0.15, 0.2) is 17.5 Å².